The predicted molar refractivity (Wildman–Crippen MR) is 154 cm³/mol. The molecule has 0 fully saturated rings. The van der Waals surface area contributed by atoms with Crippen molar-refractivity contribution < 1.29 is 56.8 Å². The minimum Gasteiger partial charge on any atom is -0.462 e. The number of benzene rings is 2. The number of hydrogen-bond acceptors (Lipinski definition) is 12. The van der Waals surface area contributed by atoms with Crippen LogP contribution in [0.5, 0.6) is 0 Å². The summed E-state index contributed by atoms with van der Waals surface area (Å²) in [6.07, 6.45) is -7.08. The van der Waals surface area contributed by atoms with E-state index in [1.54, 1.807) is 0 Å². The first kappa shape index (κ1) is 33.8. The number of ether oxygens (including phenoxy) is 5. The zero-order chi connectivity index (χ0) is 32.6. The van der Waals surface area contributed by atoms with Gasteiger partial charge >= 0.3 is 29.8 Å². The van der Waals surface area contributed by atoms with Crippen LogP contribution < -0.4 is 0 Å². The second-order valence-electron chi connectivity index (χ2n) is 9.73. The number of ketones is 1. The summed E-state index contributed by atoms with van der Waals surface area (Å²) in [6.45, 7) is 4.41. The van der Waals surface area contributed by atoms with Gasteiger partial charge in [0.05, 0.1) is 0 Å². The summed E-state index contributed by atoms with van der Waals surface area (Å²) < 4.78 is 42.1. The van der Waals surface area contributed by atoms with Gasteiger partial charge in [0.15, 0.2) is 18.3 Å². The molecule has 11 nitrogen and oxygen atoms in total. The summed E-state index contributed by atoms with van der Waals surface area (Å²) in [6, 6.07) is 13.1. The lowest BCUT2D eigenvalue weighted by Gasteiger charge is -2.34. The highest BCUT2D eigenvalue weighted by Crippen LogP contribution is 2.29. The Labute approximate surface area is 256 Å². The Morgan fingerprint density at radius 3 is 1.93 bits per heavy atom. The molecule has 0 radical (unpaired) electrons. The summed E-state index contributed by atoms with van der Waals surface area (Å²) in [5.41, 5.74) is 0.0497. The molecule has 0 saturated heterocycles. The van der Waals surface area contributed by atoms with Crippen LogP contribution in [0.1, 0.15) is 55.4 Å². The molecule has 234 valence electrons. The van der Waals surface area contributed by atoms with Crippen molar-refractivity contribution in [3.8, 4) is 0 Å². The van der Waals surface area contributed by atoms with Crippen LogP contribution in [0.2, 0.25) is 0 Å². The third-order valence-electron chi connectivity index (χ3n) is 6.08. The Bertz CT molecular complexity index is 1530. The second-order valence-corrected chi connectivity index (χ2v) is 10.9. The second kappa shape index (κ2) is 15.2. The topological polar surface area (TPSA) is 149 Å². The van der Waals surface area contributed by atoms with Crippen LogP contribution in [-0.2, 0) is 54.1 Å². The molecule has 1 aromatic heterocycles. The third-order valence-corrected chi connectivity index (χ3v) is 7.20. The Morgan fingerprint density at radius 1 is 0.727 bits per heavy atom. The van der Waals surface area contributed by atoms with Crippen LogP contribution in [0.4, 0.5) is 4.39 Å². The number of fused-ring (bicyclic) bond motifs is 1. The van der Waals surface area contributed by atoms with Gasteiger partial charge in [0.1, 0.15) is 12.4 Å². The molecule has 0 amide bonds. The SMILES string of the molecule is CC(=O)OC[C@@H](OC(C)=O)[C@@H](OC(C)=O)[C@H](OC(C)=O)[C@@H](OC(C)=O)C(=O)c1ccc(F)c(Cc2cc3ccccc3s2)c1. The zero-order valence-electron chi connectivity index (χ0n) is 24.6. The van der Waals surface area contributed by atoms with Gasteiger partial charge in [0.25, 0.3) is 0 Å². The highest BCUT2D eigenvalue weighted by Gasteiger charge is 2.47. The maximum absolute atomic E-state index is 15.0. The fourth-order valence-corrected chi connectivity index (χ4v) is 5.52. The molecule has 0 aliphatic rings. The van der Waals surface area contributed by atoms with Gasteiger partial charge in [0.2, 0.25) is 11.9 Å². The fraction of sp³-hybridized carbons (Fsp3) is 0.355. The van der Waals surface area contributed by atoms with Crippen molar-refractivity contribution in [1.82, 2.24) is 0 Å². The Kier molecular flexibility index (Phi) is 11.7. The molecule has 44 heavy (non-hydrogen) atoms. The fourth-order valence-electron chi connectivity index (χ4n) is 4.44. The first-order valence-corrected chi connectivity index (χ1v) is 14.2. The van der Waals surface area contributed by atoms with E-state index in [2.05, 4.69) is 0 Å². The number of carbonyl (C=O) groups excluding carboxylic acids is 6. The van der Waals surface area contributed by atoms with E-state index >= 15 is 0 Å². The Balaban J connectivity index is 2.07. The van der Waals surface area contributed by atoms with Gasteiger partial charge in [-0.25, -0.2) is 4.39 Å². The molecule has 2 aromatic carbocycles. The van der Waals surface area contributed by atoms with E-state index in [9.17, 15) is 33.2 Å². The quantitative estimate of drug-likeness (QED) is 0.153. The van der Waals surface area contributed by atoms with E-state index < -0.39 is 72.5 Å². The Morgan fingerprint density at radius 2 is 1.34 bits per heavy atom. The van der Waals surface area contributed by atoms with Gasteiger partial charge in [-0.2, -0.15) is 0 Å². The van der Waals surface area contributed by atoms with E-state index in [0.29, 0.717) is 0 Å². The number of rotatable bonds is 13. The molecule has 0 N–H and O–H groups in total. The van der Waals surface area contributed by atoms with Crippen LogP contribution in [0.25, 0.3) is 10.1 Å². The summed E-state index contributed by atoms with van der Waals surface area (Å²) in [5.74, 6) is -6.09. The van der Waals surface area contributed by atoms with Crippen molar-refractivity contribution in [3.63, 3.8) is 0 Å². The first-order chi connectivity index (χ1) is 20.7. The molecule has 0 aliphatic carbocycles. The highest BCUT2D eigenvalue weighted by atomic mass is 32.1. The van der Waals surface area contributed by atoms with Crippen LogP contribution in [0, 0.1) is 5.82 Å². The van der Waals surface area contributed by atoms with Crippen LogP contribution >= 0.6 is 11.3 Å². The molecule has 4 atom stereocenters. The molecule has 0 aliphatic heterocycles. The summed E-state index contributed by atoms with van der Waals surface area (Å²) in [4.78, 5) is 74.8. The van der Waals surface area contributed by atoms with Crippen molar-refractivity contribution in [1.29, 1.82) is 0 Å². The van der Waals surface area contributed by atoms with E-state index in [-0.39, 0.29) is 17.5 Å². The van der Waals surface area contributed by atoms with Crippen molar-refractivity contribution in [3.05, 3.63) is 70.4 Å². The van der Waals surface area contributed by atoms with E-state index in [4.69, 9.17) is 23.7 Å². The van der Waals surface area contributed by atoms with Crippen LogP contribution in [-0.4, -0.2) is 66.7 Å². The van der Waals surface area contributed by atoms with Crippen molar-refractivity contribution in [2.75, 3.05) is 6.61 Å². The monoisotopic (exact) mass is 630 g/mol. The number of halogens is 1. The summed E-state index contributed by atoms with van der Waals surface area (Å²) >= 11 is 1.46. The first-order valence-electron chi connectivity index (χ1n) is 13.4. The maximum Gasteiger partial charge on any atom is 0.303 e. The molecule has 13 heteroatoms. The molecular formula is C31H31FO11S. The van der Waals surface area contributed by atoms with Crippen LogP contribution in [0.15, 0.2) is 48.5 Å². The normalized spacial score (nSPS) is 13.6. The minimum absolute atomic E-state index is 0.114. The highest BCUT2D eigenvalue weighted by molar-refractivity contribution is 7.19. The number of carbonyl (C=O) groups is 6. The lowest BCUT2D eigenvalue weighted by Crippen LogP contribution is -2.55. The molecule has 0 bridgehead atoms. The molecule has 3 rings (SSSR count). The molecule has 0 saturated carbocycles. The van der Waals surface area contributed by atoms with Gasteiger partial charge in [-0.3, -0.25) is 28.8 Å². The average Bonchev–Trinajstić information content (AvgIpc) is 3.34. The van der Waals surface area contributed by atoms with E-state index in [0.717, 1.165) is 61.7 Å². The van der Waals surface area contributed by atoms with E-state index in [1.807, 2.05) is 30.3 Å². The van der Waals surface area contributed by atoms with Gasteiger partial charge < -0.3 is 23.7 Å². The van der Waals surface area contributed by atoms with Crippen molar-refractivity contribution in [2.24, 2.45) is 0 Å². The van der Waals surface area contributed by atoms with Crippen molar-refractivity contribution in [2.45, 2.75) is 65.5 Å². The Hall–Kier alpha value is -4.65. The largest absolute Gasteiger partial charge is 0.462 e. The maximum atomic E-state index is 15.0. The standard InChI is InChI=1S/C31H31FO11S/c1-16(33)39-15-26(40-17(2)34)29(41-18(3)35)31(43-20(5)37)30(42-19(4)36)28(38)22-10-11-25(32)23(12-22)14-24-13-21-8-6-7-9-27(21)44-24/h6-13,26,29-31H,14-15H2,1-5H3/t26-,29-,30+,31+/m1/s1. The average molecular weight is 631 g/mol. The van der Waals surface area contributed by atoms with Gasteiger partial charge in [-0.05, 0) is 41.3 Å². The molecule has 3 aromatic rings. The number of esters is 5. The molecular weight excluding hydrogens is 599 g/mol. The molecule has 0 unspecified atom stereocenters. The minimum atomic E-state index is -1.96. The van der Waals surface area contributed by atoms with Gasteiger partial charge in [0, 0.05) is 56.2 Å². The lowest BCUT2D eigenvalue weighted by atomic mass is 9.94. The number of thiophene rings is 1. The zero-order valence-corrected chi connectivity index (χ0v) is 25.4. The van der Waals surface area contributed by atoms with Gasteiger partial charge in [-0.1, -0.05) is 18.2 Å². The summed E-state index contributed by atoms with van der Waals surface area (Å²) in [7, 11) is 0. The van der Waals surface area contributed by atoms with Crippen LogP contribution in [0.3, 0.4) is 0 Å². The van der Waals surface area contributed by atoms with E-state index in [1.165, 1.54) is 17.4 Å². The summed E-state index contributed by atoms with van der Waals surface area (Å²) in [5, 5.41) is 0.979. The number of Topliss-reactive ketones (excluding diaryl/α,β-unsaturated/α-hetero) is 1. The van der Waals surface area contributed by atoms with Crippen molar-refractivity contribution >= 4 is 57.1 Å². The molecule has 0 spiro atoms. The smallest absolute Gasteiger partial charge is 0.303 e. The van der Waals surface area contributed by atoms with Gasteiger partial charge in [-0.15, -0.1) is 11.3 Å². The predicted octanol–water partition coefficient (Wildman–Crippen LogP) is 4.10. The number of hydrogen-bond donors (Lipinski definition) is 0. The third kappa shape index (κ3) is 9.43. The molecule has 1 heterocycles. The lowest BCUT2D eigenvalue weighted by molar-refractivity contribution is -0.199.